The highest BCUT2D eigenvalue weighted by Crippen LogP contribution is 2.24. The Balaban J connectivity index is 2.76. The van der Waals surface area contributed by atoms with Gasteiger partial charge in [-0.1, -0.05) is 30.7 Å². The zero-order valence-corrected chi connectivity index (χ0v) is 16.1. The number of benzene rings is 1. The van der Waals surface area contributed by atoms with Crippen LogP contribution < -0.4 is 9.47 Å². The van der Waals surface area contributed by atoms with E-state index >= 15 is 0 Å². The predicted molar refractivity (Wildman–Crippen MR) is 104 cm³/mol. The van der Waals surface area contributed by atoms with E-state index in [9.17, 15) is 9.59 Å². The van der Waals surface area contributed by atoms with Gasteiger partial charge in [0.15, 0.2) is 13.2 Å². The molecular weight excluding hydrogens is 348 g/mol. The van der Waals surface area contributed by atoms with Gasteiger partial charge < -0.3 is 19.7 Å². The molecule has 1 aromatic rings. The number of carbonyl (C=O) groups is 2. The van der Waals surface area contributed by atoms with Gasteiger partial charge in [-0.15, -0.1) is 0 Å². The molecule has 2 N–H and O–H groups in total. The zero-order chi connectivity index (χ0) is 20.2. The summed E-state index contributed by atoms with van der Waals surface area (Å²) in [7, 11) is 0. The van der Waals surface area contributed by atoms with Crippen LogP contribution in [0.4, 0.5) is 0 Å². The standard InChI is InChI=1S/C21H28O6/c1-15(2)6-4-7-16(3)8-5-9-17-10-18(26-13-20(22)23)12-19(11-17)27-14-21(24)25/h5-6,9-12,16H,4,7-8,13-14H2,1-3H3,(H,22,23)(H,24,25)/b9-5+. The highest BCUT2D eigenvalue weighted by atomic mass is 16.5. The molecule has 1 rings (SSSR count). The molecule has 0 saturated heterocycles. The number of allylic oxidation sites excluding steroid dienone is 3. The van der Waals surface area contributed by atoms with Gasteiger partial charge >= 0.3 is 11.9 Å². The molecule has 6 heteroatoms. The van der Waals surface area contributed by atoms with E-state index in [0.717, 1.165) is 24.8 Å². The summed E-state index contributed by atoms with van der Waals surface area (Å²) < 4.78 is 10.4. The van der Waals surface area contributed by atoms with Crippen LogP contribution in [0.25, 0.3) is 6.08 Å². The van der Waals surface area contributed by atoms with Gasteiger partial charge in [0.05, 0.1) is 0 Å². The predicted octanol–water partition coefficient (Wildman–Crippen LogP) is 4.40. The van der Waals surface area contributed by atoms with Crippen molar-refractivity contribution in [3.63, 3.8) is 0 Å². The maximum absolute atomic E-state index is 10.7. The van der Waals surface area contributed by atoms with Crippen molar-refractivity contribution < 1.29 is 29.3 Å². The first-order chi connectivity index (χ1) is 12.8. The van der Waals surface area contributed by atoms with Crippen LogP contribution in [0.2, 0.25) is 0 Å². The fourth-order valence-corrected chi connectivity index (χ4v) is 2.36. The van der Waals surface area contributed by atoms with Gasteiger partial charge in [-0.3, -0.25) is 0 Å². The summed E-state index contributed by atoms with van der Waals surface area (Å²) in [4.78, 5) is 21.4. The minimum Gasteiger partial charge on any atom is -0.482 e. The second-order valence-corrected chi connectivity index (χ2v) is 6.70. The molecule has 0 aliphatic rings. The molecule has 0 aromatic heterocycles. The molecule has 0 fully saturated rings. The van der Waals surface area contributed by atoms with E-state index in [1.54, 1.807) is 12.1 Å². The van der Waals surface area contributed by atoms with Gasteiger partial charge in [0.25, 0.3) is 0 Å². The lowest BCUT2D eigenvalue weighted by atomic mass is 10.00. The molecule has 0 saturated carbocycles. The smallest absolute Gasteiger partial charge is 0.341 e. The second kappa shape index (κ2) is 11.8. The van der Waals surface area contributed by atoms with Gasteiger partial charge in [0.1, 0.15) is 11.5 Å². The molecule has 148 valence electrons. The van der Waals surface area contributed by atoms with Crippen LogP contribution in [0.3, 0.4) is 0 Å². The maximum Gasteiger partial charge on any atom is 0.341 e. The van der Waals surface area contributed by atoms with Crippen LogP contribution in [0.1, 0.15) is 45.6 Å². The third-order valence-corrected chi connectivity index (χ3v) is 3.69. The molecule has 0 aliphatic heterocycles. The van der Waals surface area contributed by atoms with Gasteiger partial charge in [-0.25, -0.2) is 9.59 Å². The number of hydrogen-bond acceptors (Lipinski definition) is 4. The van der Waals surface area contributed by atoms with Crippen molar-refractivity contribution >= 4 is 18.0 Å². The quantitative estimate of drug-likeness (QED) is 0.525. The highest BCUT2D eigenvalue weighted by molar-refractivity contribution is 5.69. The van der Waals surface area contributed by atoms with Crippen molar-refractivity contribution in [1.82, 2.24) is 0 Å². The van der Waals surface area contributed by atoms with E-state index in [-0.39, 0.29) is 0 Å². The molecule has 6 nitrogen and oxygen atoms in total. The average molecular weight is 376 g/mol. The molecule has 1 atom stereocenters. The van der Waals surface area contributed by atoms with E-state index in [4.69, 9.17) is 19.7 Å². The fraction of sp³-hybridized carbons (Fsp3) is 0.429. The third kappa shape index (κ3) is 10.7. The van der Waals surface area contributed by atoms with Gasteiger partial charge in [0.2, 0.25) is 0 Å². The lowest BCUT2D eigenvalue weighted by Crippen LogP contribution is -2.11. The molecule has 1 unspecified atom stereocenters. The molecule has 0 heterocycles. The number of ether oxygens (including phenoxy) is 2. The minimum absolute atomic E-state index is 0.316. The van der Waals surface area contributed by atoms with E-state index in [0.29, 0.717) is 17.4 Å². The SMILES string of the molecule is CC(C)=CCCC(C)C/C=C/c1cc(OCC(=O)O)cc(OCC(=O)O)c1. The lowest BCUT2D eigenvalue weighted by molar-refractivity contribution is -0.140. The van der Waals surface area contributed by atoms with Crippen LogP contribution in [0.5, 0.6) is 11.5 Å². The van der Waals surface area contributed by atoms with Crippen LogP contribution in [-0.4, -0.2) is 35.4 Å². The molecule has 0 spiro atoms. The van der Waals surface area contributed by atoms with Crippen molar-refractivity contribution in [3.8, 4) is 11.5 Å². The Kier molecular flexibility index (Phi) is 9.72. The maximum atomic E-state index is 10.7. The number of rotatable bonds is 12. The summed E-state index contributed by atoms with van der Waals surface area (Å²) in [6.45, 7) is 5.42. The molecule has 27 heavy (non-hydrogen) atoms. The first kappa shape index (κ1) is 22.3. The van der Waals surface area contributed by atoms with Gasteiger partial charge in [0, 0.05) is 6.07 Å². The first-order valence-electron chi connectivity index (χ1n) is 8.90. The highest BCUT2D eigenvalue weighted by Gasteiger charge is 2.06. The van der Waals surface area contributed by atoms with Gasteiger partial charge in [-0.05, 0) is 56.7 Å². The normalized spacial score (nSPS) is 11.8. The zero-order valence-electron chi connectivity index (χ0n) is 16.1. The van der Waals surface area contributed by atoms with Gasteiger partial charge in [-0.2, -0.15) is 0 Å². The summed E-state index contributed by atoms with van der Waals surface area (Å²) in [6.07, 6.45) is 9.24. The van der Waals surface area contributed by atoms with Crippen LogP contribution >= 0.6 is 0 Å². The summed E-state index contributed by atoms with van der Waals surface area (Å²) >= 11 is 0. The third-order valence-electron chi connectivity index (χ3n) is 3.69. The number of carboxylic acids is 2. The second-order valence-electron chi connectivity index (χ2n) is 6.70. The number of hydrogen-bond donors (Lipinski definition) is 2. The summed E-state index contributed by atoms with van der Waals surface area (Å²) in [5.74, 6) is -1.01. The van der Waals surface area contributed by atoms with Crippen molar-refractivity contribution in [3.05, 3.63) is 41.5 Å². The Bertz CT molecular complexity index is 650. The van der Waals surface area contributed by atoms with Crippen LogP contribution in [0.15, 0.2) is 35.9 Å². The largest absolute Gasteiger partial charge is 0.482 e. The monoisotopic (exact) mass is 376 g/mol. The van der Waals surface area contributed by atoms with Crippen molar-refractivity contribution in [1.29, 1.82) is 0 Å². The molecule has 0 amide bonds. The molecular formula is C21H28O6. The van der Waals surface area contributed by atoms with E-state index < -0.39 is 25.2 Å². The Morgan fingerprint density at radius 1 is 1.04 bits per heavy atom. The van der Waals surface area contributed by atoms with Crippen LogP contribution in [-0.2, 0) is 9.59 Å². The molecule has 1 aromatic carbocycles. The Hall–Kier alpha value is -2.76. The topological polar surface area (TPSA) is 93.1 Å². The minimum atomic E-state index is -1.09. The molecule has 0 radical (unpaired) electrons. The fourth-order valence-electron chi connectivity index (χ4n) is 2.36. The Morgan fingerprint density at radius 2 is 1.59 bits per heavy atom. The van der Waals surface area contributed by atoms with Crippen molar-refractivity contribution in [2.75, 3.05) is 13.2 Å². The van der Waals surface area contributed by atoms with E-state index in [1.807, 2.05) is 12.2 Å². The van der Waals surface area contributed by atoms with Crippen molar-refractivity contribution in [2.45, 2.75) is 40.0 Å². The molecule has 0 aliphatic carbocycles. The van der Waals surface area contributed by atoms with E-state index in [2.05, 4.69) is 26.8 Å². The molecule has 0 bridgehead atoms. The first-order valence-corrected chi connectivity index (χ1v) is 8.90. The van der Waals surface area contributed by atoms with Crippen molar-refractivity contribution in [2.24, 2.45) is 5.92 Å². The Labute approximate surface area is 160 Å². The summed E-state index contributed by atoms with van der Waals surface area (Å²) in [5.41, 5.74) is 2.08. The van der Waals surface area contributed by atoms with E-state index in [1.165, 1.54) is 11.6 Å². The lowest BCUT2D eigenvalue weighted by Gasteiger charge is -2.10. The summed E-state index contributed by atoms with van der Waals surface area (Å²) in [5, 5.41) is 17.5. The van der Waals surface area contributed by atoms with Crippen LogP contribution in [0, 0.1) is 5.92 Å². The number of carboxylic acid groups (broad SMARTS) is 2. The summed E-state index contributed by atoms with van der Waals surface area (Å²) in [6, 6.07) is 4.87. The Morgan fingerprint density at radius 3 is 2.07 bits per heavy atom. The number of aliphatic carboxylic acids is 2. The average Bonchev–Trinajstić information content (AvgIpc) is 2.58.